The summed E-state index contributed by atoms with van der Waals surface area (Å²) in [6.07, 6.45) is 1.61. The van der Waals surface area contributed by atoms with Crippen LogP contribution in [0.3, 0.4) is 0 Å². The van der Waals surface area contributed by atoms with Gasteiger partial charge in [0.2, 0.25) is 0 Å². The fourth-order valence-corrected chi connectivity index (χ4v) is 4.91. The van der Waals surface area contributed by atoms with Crippen LogP contribution in [0.5, 0.6) is 12.0 Å². The van der Waals surface area contributed by atoms with Crippen LogP contribution in [0.25, 0.3) is 11.3 Å². The van der Waals surface area contributed by atoms with Crippen molar-refractivity contribution in [3.63, 3.8) is 0 Å². The summed E-state index contributed by atoms with van der Waals surface area (Å²) in [6, 6.07) is 5.96. The zero-order valence-corrected chi connectivity index (χ0v) is 42.0. The van der Waals surface area contributed by atoms with Gasteiger partial charge in [0, 0.05) is 47.9 Å². The van der Waals surface area contributed by atoms with Crippen molar-refractivity contribution < 1.29 is 65.9 Å². The van der Waals surface area contributed by atoms with E-state index in [1.807, 2.05) is 0 Å². The molecule has 6 rings (SSSR count). The molecule has 312 valence electrons. The molecular formula is C25H22ClF6I6N10O6S2-. The minimum absolute atomic E-state index is 0. The molecule has 4 heterocycles. The molecule has 16 nitrogen and oxygen atoms in total. The van der Waals surface area contributed by atoms with Gasteiger partial charge in [-0.05, 0) is 24.3 Å². The summed E-state index contributed by atoms with van der Waals surface area (Å²) in [7, 11) is -1.20. The number of hydrogen-bond acceptors (Lipinski definition) is 13. The van der Waals surface area contributed by atoms with Crippen LogP contribution in [-0.2, 0) is 19.1 Å². The van der Waals surface area contributed by atoms with Crippen molar-refractivity contribution in [1.82, 2.24) is 39.2 Å². The maximum absolute atomic E-state index is 13.7. The topological polar surface area (TPSA) is 211 Å². The van der Waals surface area contributed by atoms with Crippen LogP contribution >= 0.6 is 109 Å². The van der Waals surface area contributed by atoms with E-state index >= 15 is 0 Å². The van der Waals surface area contributed by atoms with Crippen LogP contribution in [0.2, 0.25) is 0 Å². The first-order valence-corrected chi connectivity index (χ1v) is 35.6. The molecule has 0 fully saturated rings. The van der Waals surface area contributed by atoms with Gasteiger partial charge in [0.25, 0.3) is 29.4 Å². The minimum atomic E-state index is -4.58. The number of para-hydroxylation sites is 2. The summed E-state index contributed by atoms with van der Waals surface area (Å²) in [6.45, 7) is 0. The van der Waals surface area contributed by atoms with Crippen LogP contribution in [-0.4, -0.2) is 70.2 Å². The number of nitrogens with one attached hydrogen (secondary N) is 1. The minimum Gasteiger partial charge on any atom is -0.394 e. The molecule has 0 radical (unpaired) electrons. The summed E-state index contributed by atoms with van der Waals surface area (Å²) in [4.78, 5) is 14.0. The van der Waals surface area contributed by atoms with Crippen molar-refractivity contribution >= 4 is 151 Å². The average molecular weight is 1530 g/mol. The molecule has 6 aromatic rings. The van der Waals surface area contributed by atoms with Crippen LogP contribution < -0.4 is 33.2 Å². The molecule has 0 aliphatic heterocycles. The summed E-state index contributed by atoms with van der Waals surface area (Å²) in [5.74, 6) is -5.48. The zero-order chi connectivity index (χ0) is 41.0. The van der Waals surface area contributed by atoms with E-state index < -0.39 is 81.3 Å². The van der Waals surface area contributed by atoms with Crippen molar-refractivity contribution in [2.24, 2.45) is 0 Å². The SMILES string of the molecule is C.COc1ncc(F)c2nc(S(=O)(=O)Cl)nn12.COc1ncc(F)c2nc(S(=O)(=O)Nc3c(F)cccc3F)nn12.I.II.I[I-]I.Nc1c(F)cccc1F. The smallest absolute Gasteiger partial charge is 0.149 e. The molecule has 0 unspecified atom stereocenters. The van der Waals surface area contributed by atoms with E-state index in [2.05, 4.69) is 105 Å². The number of sulfonamides is 1. The van der Waals surface area contributed by atoms with E-state index in [4.69, 9.17) is 25.9 Å². The zero-order valence-electron chi connectivity index (χ0n) is 26.5. The van der Waals surface area contributed by atoms with Gasteiger partial charge >= 0.3 is 62.5 Å². The number of hydrogen-bond donors (Lipinski definition) is 2. The van der Waals surface area contributed by atoms with E-state index in [9.17, 15) is 43.2 Å². The van der Waals surface area contributed by atoms with E-state index in [0.717, 1.165) is 47.2 Å². The van der Waals surface area contributed by atoms with Gasteiger partial charge in [-0.15, -0.1) is 34.2 Å². The van der Waals surface area contributed by atoms with E-state index in [1.165, 1.54) is 20.3 Å². The quantitative estimate of drug-likeness (QED) is 0.0986. The summed E-state index contributed by atoms with van der Waals surface area (Å²) in [5, 5.41) is 5.41. The van der Waals surface area contributed by atoms with Crippen molar-refractivity contribution in [3.8, 4) is 12.0 Å². The molecule has 0 atom stereocenters. The molecule has 31 heteroatoms. The Bertz CT molecular complexity index is 2410. The third-order valence-corrected chi connectivity index (χ3v) is 7.71. The monoisotopic (exact) mass is 1530 g/mol. The number of nitrogens with two attached hydrogens (primary N) is 1. The van der Waals surface area contributed by atoms with Crippen molar-refractivity contribution in [1.29, 1.82) is 0 Å². The summed E-state index contributed by atoms with van der Waals surface area (Å²) < 4.78 is 138. The largest absolute Gasteiger partial charge is 0.394 e. The molecule has 56 heavy (non-hydrogen) atoms. The number of halogens is 13. The average Bonchev–Trinajstić information content (AvgIpc) is 3.80. The maximum atomic E-state index is 13.7. The number of fused-ring (bicyclic) bond motifs is 2. The van der Waals surface area contributed by atoms with Gasteiger partial charge in [-0.2, -0.15) is 27.4 Å². The Morgan fingerprint density at radius 2 is 1.09 bits per heavy atom. The maximum Gasteiger partial charge on any atom is 0.149 e. The van der Waals surface area contributed by atoms with E-state index in [-0.39, 0.29) is 49.1 Å². The molecule has 0 saturated heterocycles. The third-order valence-electron chi connectivity index (χ3n) is 5.56. The summed E-state index contributed by atoms with van der Waals surface area (Å²) in [5.41, 5.74) is 2.81. The second kappa shape index (κ2) is 25.5. The van der Waals surface area contributed by atoms with Crippen molar-refractivity contribution in [2.75, 3.05) is 24.7 Å². The fourth-order valence-electron chi connectivity index (χ4n) is 3.39. The first-order chi connectivity index (χ1) is 25.4. The predicted octanol–water partition coefficient (Wildman–Crippen LogP) is 4.90. The van der Waals surface area contributed by atoms with Gasteiger partial charge < -0.3 is 15.2 Å². The van der Waals surface area contributed by atoms with Crippen LogP contribution in [0.4, 0.5) is 37.7 Å². The van der Waals surface area contributed by atoms with Gasteiger partial charge in [0.1, 0.15) is 34.6 Å². The molecule has 3 N–H and O–H groups in total. The Balaban J connectivity index is 0.000000817. The van der Waals surface area contributed by atoms with Gasteiger partial charge in [-0.1, -0.05) is 19.6 Å². The molecule has 0 aliphatic rings. The molecule has 4 aromatic heterocycles. The second-order valence-electron chi connectivity index (χ2n) is 8.77. The summed E-state index contributed by atoms with van der Waals surface area (Å²) >= 11 is 9.54. The first kappa shape index (κ1) is 54.9. The van der Waals surface area contributed by atoms with Crippen LogP contribution in [0, 0.1) is 34.9 Å². The number of aromatic nitrogens is 8. The molecular weight excluding hydrogens is 1510 g/mol. The van der Waals surface area contributed by atoms with Crippen LogP contribution in [0.1, 0.15) is 7.43 Å². The Labute approximate surface area is 388 Å². The first-order valence-electron chi connectivity index (χ1n) is 12.9. The van der Waals surface area contributed by atoms with Gasteiger partial charge in [-0.25, -0.2) is 44.7 Å². The number of anilines is 2. The molecule has 0 saturated carbocycles. The number of rotatable bonds is 6. The number of nitrogen functional groups attached to an aromatic ring is 1. The van der Waals surface area contributed by atoms with Gasteiger partial charge in [0.05, 0.1) is 26.6 Å². The number of benzene rings is 2. The number of nitrogens with zero attached hydrogens (tertiary/aromatic N) is 8. The fraction of sp³-hybridized carbons (Fsp3) is 0.120. The Hall–Kier alpha value is -1.11. The van der Waals surface area contributed by atoms with Crippen molar-refractivity contribution in [3.05, 3.63) is 83.7 Å². The predicted molar refractivity (Wildman–Crippen MR) is 234 cm³/mol. The molecule has 0 spiro atoms. The number of methoxy groups -OCH3 is 2. The Morgan fingerprint density at radius 3 is 1.45 bits per heavy atom. The second-order valence-corrected chi connectivity index (χ2v) is 29.1. The standard InChI is InChI=1S/C12H8F3N5O3S.C6H4ClFN4O3S.C6H5F2N.CH4.I3.I2.HI/c1-23-12-16-5-8(15)10-17-11(18-20(10)12)24(21,22)19-9-6(13)3-2-4-7(9)14;1-15-6-9-2-3(8)4-10-5(11-12(4)6)16(7,13)14;7-4-2-1-3-5(8)6(4)9;;1-3-2;1-2;/h2-5,19H,1H3;2H,1H3;1-3H,9H2;1H4;;;1H/q;;;;-1;;. The molecule has 0 bridgehead atoms. The molecule has 0 aliphatic carbocycles. The van der Waals surface area contributed by atoms with Crippen LogP contribution in [0.15, 0.2) is 59.1 Å². The van der Waals surface area contributed by atoms with Crippen molar-refractivity contribution in [2.45, 2.75) is 17.7 Å². The Kier molecular flexibility index (Phi) is 25.0. The number of ether oxygens (including phenoxy) is 2. The normalized spacial score (nSPS) is 10.4. The van der Waals surface area contributed by atoms with Gasteiger partial charge in [0.15, 0.2) is 22.9 Å². The van der Waals surface area contributed by atoms with E-state index in [0.29, 0.717) is 17.8 Å². The Morgan fingerprint density at radius 1 is 0.732 bits per heavy atom. The molecule has 0 amide bonds. The third kappa shape index (κ3) is 14.9. The molecule has 2 aromatic carbocycles. The van der Waals surface area contributed by atoms with Gasteiger partial charge in [-0.3, -0.25) is 4.72 Å². The van der Waals surface area contributed by atoms with E-state index in [1.54, 1.807) is 4.72 Å².